The molecule has 2 N–H and O–H groups in total. The molecule has 1 fully saturated rings. The molecule has 0 bridgehead atoms. The van der Waals surface area contributed by atoms with Gasteiger partial charge in [0.1, 0.15) is 0 Å². The number of hydrogen-bond acceptors (Lipinski definition) is 3. The molecule has 0 aromatic heterocycles. The Morgan fingerprint density at radius 2 is 1.37 bits per heavy atom. The highest BCUT2D eigenvalue weighted by molar-refractivity contribution is 5.96. The highest BCUT2D eigenvalue weighted by atomic mass is 16.2. The van der Waals surface area contributed by atoms with Gasteiger partial charge in [-0.3, -0.25) is 9.59 Å². The molecule has 0 aliphatic heterocycles. The molecule has 5 nitrogen and oxygen atoms in total. The maximum absolute atomic E-state index is 12.3. The van der Waals surface area contributed by atoms with Gasteiger partial charge in [-0.1, -0.05) is 51.9 Å². The van der Waals surface area contributed by atoms with Gasteiger partial charge >= 0.3 is 0 Å². The van der Waals surface area contributed by atoms with E-state index in [1.807, 2.05) is 0 Å². The summed E-state index contributed by atoms with van der Waals surface area (Å²) in [5.74, 6) is -0.247. The third kappa shape index (κ3) is 8.37. The number of nitrogens with zero attached hydrogens (tertiary/aromatic N) is 1. The molecule has 0 atom stereocenters. The SMILES string of the molecule is CCC(=O)Nc1ccc(C(=O)NN=C2CCCCCCCCCCC2)cc1. The first-order valence-corrected chi connectivity index (χ1v) is 10.4. The number of nitrogens with one attached hydrogen (secondary N) is 2. The molecule has 27 heavy (non-hydrogen) atoms. The number of carbonyl (C=O) groups is 2. The Labute approximate surface area is 163 Å². The molecule has 0 unspecified atom stereocenters. The summed E-state index contributed by atoms with van der Waals surface area (Å²) >= 11 is 0. The molecule has 0 radical (unpaired) electrons. The summed E-state index contributed by atoms with van der Waals surface area (Å²) in [4.78, 5) is 23.8. The molecule has 2 amide bonds. The fourth-order valence-corrected chi connectivity index (χ4v) is 3.28. The van der Waals surface area contributed by atoms with Crippen LogP contribution in [0.25, 0.3) is 0 Å². The number of carbonyl (C=O) groups excluding carboxylic acids is 2. The van der Waals surface area contributed by atoms with E-state index >= 15 is 0 Å². The quantitative estimate of drug-likeness (QED) is 0.693. The van der Waals surface area contributed by atoms with Crippen molar-refractivity contribution in [3.8, 4) is 0 Å². The van der Waals surface area contributed by atoms with Gasteiger partial charge < -0.3 is 5.32 Å². The Morgan fingerprint density at radius 1 is 0.852 bits per heavy atom. The van der Waals surface area contributed by atoms with Crippen LogP contribution < -0.4 is 10.7 Å². The van der Waals surface area contributed by atoms with Gasteiger partial charge in [0.25, 0.3) is 5.91 Å². The Hall–Kier alpha value is -2.17. The smallest absolute Gasteiger partial charge is 0.271 e. The van der Waals surface area contributed by atoms with Crippen LogP contribution in [0.5, 0.6) is 0 Å². The highest BCUT2D eigenvalue weighted by Gasteiger charge is 2.07. The van der Waals surface area contributed by atoms with Crippen LogP contribution >= 0.6 is 0 Å². The van der Waals surface area contributed by atoms with E-state index in [9.17, 15) is 9.59 Å². The van der Waals surface area contributed by atoms with E-state index < -0.39 is 0 Å². The Bertz CT molecular complexity index is 609. The Balaban J connectivity index is 1.88. The first kappa shape index (κ1) is 21.1. The molecular weight excluding hydrogens is 338 g/mol. The molecule has 1 aliphatic carbocycles. The molecule has 1 saturated carbocycles. The molecule has 1 aromatic rings. The van der Waals surface area contributed by atoms with E-state index in [-0.39, 0.29) is 11.8 Å². The fourth-order valence-electron chi connectivity index (χ4n) is 3.28. The fraction of sp³-hybridized carbons (Fsp3) is 0.591. The topological polar surface area (TPSA) is 70.6 Å². The predicted octanol–water partition coefficient (Wildman–Crippen LogP) is 5.43. The second kappa shape index (κ2) is 12.3. The van der Waals surface area contributed by atoms with Crippen LogP contribution in [0.3, 0.4) is 0 Å². The summed E-state index contributed by atoms with van der Waals surface area (Å²) in [7, 11) is 0. The molecule has 1 aromatic carbocycles. The van der Waals surface area contributed by atoms with Crippen LogP contribution in [-0.4, -0.2) is 17.5 Å². The Kier molecular flexibility index (Phi) is 9.60. The zero-order valence-electron chi connectivity index (χ0n) is 16.6. The minimum absolute atomic E-state index is 0.0406. The van der Waals surface area contributed by atoms with E-state index in [2.05, 4.69) is 15.8 Å². The summed E-state index contributed by atoms with van der Waals surface area (Å²) in [5, 5.41) is 7.20. The molecule has 148 valence electrons. The zero-order chi connectivity index (χ0) is 19.3. The van der Waals surface area contributed by atoms with Crippen molar-refractivity contribution in [1.29, 1.82) is 0 Å². The molecule has 5 heteroatoms. The molecule has 0 spiro atoms. The number of rotatable bonds is 4. The van der Waals surface area contributed by atoms with E-state index in [1.54, 1.807) is 31.2 Å². The van der Waals surface area contributed by atoms with Crippen LogP contribution in [0.4, 0.5) is 5.69 Å². The van der Waals surface area contributed by atoms with Gasteiger partial charge in [0, 0.05) is 23.4 Å². The van der Waals surface area contributed by atoms with Crippen LogP contribution in [0.15, 0.2) is 29.4 Å². The van der Waals surface area contributed by atoms with E-state index in [0.29, 0.717) is 17.7 Å². The first-order chi connectivity index (χ1) is 13.2. The maximum Gasteiger partial charge on any atom is 0.271 e. The van der Waals surface area contributed by atoms with Crippen molar-refractivity contribution in [1.82, 2.24) is 5.43 Å². The third-order valence-electron chi connectivity index (χ3n) is 5.00. The summed E-state index contributed by atoms with van der Waals surface area (Å²) in [6.45, 7) is 1.80. The van der Waals surface area contributed by atoms with Crippen molar-refractivity contribution in [2.75, 3.05) is 5.32 Å². The van der Waals surface area contributed by atoms with Gasteiger partial charge in [-0.25, -0.2) is 5.43 Å². The lowest BCUT2D eigenvalue weighted by molar-refractivity contribution is -0.115. The number of amides is 2. The van der Waals surface area contributed by atoms with Gasteiger partial charge in [-0.05, 0) is 49.9 Å². The molecule has 0 heterocycles. The van der Waals surface area contributed by atoms with E-state index in [1.165, 1.54) is 44.9 Å². The van der Waals surface area contributed by atoms with Crippen molar-refractivity contribution in [2.24, 2.45) is 5.10 Å². The summed E-state index contributed by atoms with van der Waals surface area (Å²) in [6.07, 6.45) is 13.9. The molecule has 0 saturated heterocycles. The summed E-state index contributed by atoms with van der Waals surface area (Å²) in [5.41, 5.74) is 5.06. The monoisotopic (exact) mass is 371 g/mol. The largest absolute Gasteiger partial charge is 0.326 e. The van der Waals surface area contributed by atoms with Crippen LogP contribution in [0, 0.1) is 0 Å². The molecule has 2 rings (SSSR count). The van der Waals surface area contributed by atoms with E-state index in [0.717, 1.165) is 31.4 Å². The van der Waals surface area contributed by atoms with Gasteiger partial charge in [0.15, 0.2) is 0 Å². The summed E-state index contributed by atoms with van der Waals surface area (Å²) in [6, 6.07) is 6.90. The van der Waals surface area contributed by atoms with Gasteiger partial charge in [-0.2, -0.15) is 5.10 Å². The molecule has 1 aliphatic rings. The number of hydrogen-bond donors (Lipinski definition) is 2. The van der Waals surface area contributed by atoms with Crippen LogP contribution in [-0.2, 0) is 4.79 Å². The lowest BCUT2D eigenvalue weighted by Crippen LogP contribution is -2.20. The lowest BCUT2D eigenvalue weighted by atomic mass is 10.00. The lowest BCUT2D eigenvalue weighted by Gasteiger charge is -2.10. The van der Waals surface area contributed by atoms with Gasteiger partial charge in [0.05, 0.1) is 0 Å². The average molecular weight is 372 g/mol. The summed E-state index contributed by atoms with van der Waals surface area (Å²) < 4.78 is 0. The van der Waals surface area contributed by atoms with Crippen molar-refractivity contribution in [2.45, 2.75) is 84.0 Å². The van der Waals surface area contributed by atoms with Crippen LogP contribution in [0.2, 0.25) is 0 Å². The zero-order valence-corrected chi connectivity index (χ0v) is 16.6. The van der Waals surface area contributed by atoms with Crippen molar-refractivity contribution < 1.29 is 9.59 Å². The second-order valence-electron chi connectivity index (χ2n) is 7.28. The van der Waals surface area contributed by atoms with E-state index in [4.69, 9.17) is 0 Å². The van der Waals surface area contributed by atoms with Crippen molar-refractivity contribution in [3.05, 3.63) is 29.8 Å². The number of benzene rings is 1. The average Bonchev–Trinajstić information content (AvgIpc) is 2.68. The predicted molar refractivity (Wildman–Crippen MR) is 111 cm³/mol. The molecular formula is C22H33N3O2. The third-order valence-corrected chi connectivity index (χ3v) is 5.00. The minimum Gasteiger partial charge on any atom is -0.326 e. The standard InChI is InChI=1S/C22H33N3O2/c1-2-21(26)23-19-16-14-18(15-17-19)22(27)25-24-20-12-10-8-6-4-3-5-7-9-11-13-20/h14-17H,2-13H2,1H3,(H,23,26)(H,25,27). The van der Waals surface area contributed by atoms with Crippen molar-refractivity contribution in [3.63, 3.8) is 0 Å². The maximum atomic E-state index is 12.3. The number of anilines is 1. The normalized spacial score (nSPS) is 16.6. The second-order valence-corrected chi connectivity index (χ2v) is 7.28. The van der Waals surface area contributed by atoms with Gasteiger partial charge in [-0.15, -0.1) is 0 Å². The van der Waals surface area contributed by atoms with Crippen molar-refractivity contribution >= 4 is 23.2 Å². The minimum atomic E-state index is -0.206. The van der Waals surface area contributed by atoms with Gasteiger partial charge in [0.2, 0.25) is 5.91 Å². The Morgan fingerprint density at radius 3 is 1.89 bits per heavy atom. The first-order valence-electron chi connectivity index (χ1n) is 10.4. The number of hydrazone groups is 1. The highest BCUT2D eigenvalue weighted by Crippen LogP contribution is 2.15. The van der Waals surface area contributed by atoms with Crippen LogP contribution in [0.1, 0.15) is 94.3 Å².